The number of aromatic amines is 1. The number of aromatic nitrogens is 4. The summed E-state index contributed by atoms with van der Waals surface area (Å²) in [5, 5.41) is 0. The molecule has 0 spiro atoms. The van der Waals surface area contributed by atoms with Crippen molar-refractivity contribution in [3.8, 4) is 11.4 Å². The summed E-state index contributed by atoms with van der Waals surface area (Å²) < 4.78 is 13.5. The van der Waals surface area contributed by atoms with Crippen molar-refractivity contribution in [2.24, 2.45) is 0 Å². The molecule has 3 N–H and O–H groups in total. The number of rotatable bonds is 1. The molecule has 0 amide bonds. The molecule has 2 heterocycles. The van der Waals surface area contributed by atoms with E-state index in [1.807, 2.05) is 0 Å². The van der Waals surface area contributed by atoms with E-state index in [2.05, 4.69) is 35.9 Å². The minimum absolute atomic E-state index is 0.325. The molecule has 3 rings (SSSR count). The van der Waals surface area contributed by atoms with Crippen molar-refractivity contribution in [2.75, 3.05) is 5.73 Å². The van der Waals surface area contributed by atoms with E-state index in [-0.39, 0.29) is 5.82 Å². The van der Waals surface area contributed by atoms with Crippen LogP contribution in [0.5, 0.6) is 0 Å². The molecule has 3 aromatic rings. The van der Waals surface area contributed by atoms with E-state index in [9.17, 15) is 4.39 Å². The van der Waals surface area contributed by atoms with Gasteiger partial charge < -0.3 is 10.7 Å². The van der Waals surface area contributed by atoms with E-state index in [0.29, 0.717) is 27.3 Å². The highest BCUT2D eigenvalue weighted by Crippen LogP contribution is 2.25. The lowest BCUT2D eigenvalue weighted by atomic mass is 10.2. The Balaban J connectivity index is 2.19. The van der Waals surface area contributed by atoms with Crippen molar-refractivity contribution in [2.45, 2.75) is 0 Å². The van der Waals surface area contributed by atoms with E-state index < -0.39 is 0 Å². The van der Waals surface area contributed by atoms with Crippen molar-refractivity contribution < 1.29 is 4.39 Å². The quantitative estimate of drug-likeness (QED) is 0.724. The van der Waals surface area contributed by atoms with Gasteiger partial charge in [-0.15, -0.1) is 0 Å². The summed E-state index contributed by atoms with van der Waals surface area (Å²) in [6.45, 7) is 0. The molecular weight excluding hydrogens is 301 g/mol. The van der Waals surface area contributed by atoms with Crippen LogP contribution < -0.4 is 5.73 Å². The number of hydrogen-bond acceptors (Lipinski definition) is 4. The van der Waals surface area contributed by atoms with Gasteiger partial charge in [-0.05, 0) is 34.1 Å². The molecule has 0 bridgehead atoms. The van der Waals surface area contributed by atoms with Gasteiger partial charge in [0.1, 0.15) is 23.5 Å². The van der Waals surface area contributed by atoms with Gasteiger partial charge in [0.2, 0.25) is 0 Å². The van der Waals surface area contributed by atoms with Gasteiger partial charge in [-0.2, -0.15) is 0 Å². The molecule has 0 aliphatic heterocycles. The molecule has 0 unspecified atom stereocenters. The van der Waals surface area contributed by atoms with Crippen LogP contribution in [0.4, 0.5) is 10.2 Å². The van der Waals surface area contributed by atoms with Crippen molar-refractivity contribution in [1.29, 1.82) is 0 Å². The Kier molecular flexibility index (Phi) is 2.48. The zero-order valence-electron chi connectivity index (χ0n) is 8.98. The fourth-order valence-electron chi connectivity index (χ4n) is 1.63. The van der Waals surface area contributed by atoms with Crippen molar-refractivity contribution >= 4 is 32.9 Å². The number of nitrogens with two attached hydrogens (primary N) is 1. The van der Waals surface area contributed by atoms with Crippen LogP contribution in [0.25, 0.3) is 22.6 Å². The Bertz CT molecular complexity index is 739. The average molecular weight is 308 g/mol. The van der Waals surface area contributed by atoms with Gasteiger partial charge in [-0.25, -0.2) is 19.3 Å². The summed E-state index contributed by atoms with van der Waals surface area (Å²) in [6.07, 6.45) is 1.35. The van der Waals surface area contributed by atoms with Crippen LogP contribution in [0.15, 0.2) is 29.0 Å². The first kappa shape index (κ1) is 11.1. The third kappa shape index (κ3) is 1.72. The second-order valence-corrected chi connectivity index (χ2v) is 4.53. The highest BCUT2D eigenvalue weighted by molar-refractivity contribution is 9.10. The van der Waals surface area contributed by atoms with Gasteiger partial charge in [0.25, 0.3) is 0 Å². The van der Waals surface area contributed by atoms with Gasteiger partial charge in [0.15, 0.2) is 11.5 Å². The molecule has 1 aromatic carbocycles. The highest BCUT2D eigenvalue weighted by Gasteiger charge is 2.10. The molecule has 0 radical (unpaired) electrons. The minimum Gasteiger partial charge on any atom is -0.382 e. The number of nitrogen functional groups attached to an aromatic ring is 1. The van der Waals surface area contributed by atoms with Crippen LogP contribution in [0.2, 0.25) is 0 Å². The molecule has 2 aromatic heterocycles. The van der Waals surface area contributed by atoms with E-state index in [4.69, 9.17) is 5.73 Å². The van der Waals surface area contributed by atoms with Crippen LogP contribution >= 0.6 is 15.9 Å². The Morgan fingerprint density at radius 3 is 2.83 bits per heavy atom. The highest BCUT2D eigenvalue weighted by atomic mass is 79.9. The standard InChI is InChI=1S/C11H7BrFN5/c12-6-3-5(1-2-7(6)13)10-17-8-9(14)15-4-16-11(8)18-10/h1-4H,(H3,14,15,16,17,18). The van der Waals surface area contributed by atoms with Crippen LogP contribution in [0.3, 0.4) is 0 Å². The molecular formula is C11H7BrFN5. The summed E-state index contributed by atoms with van der Waals surface area (Å²) in [4.78, 5) is 15.2. The number of anilines is 1. The largest absolute Gasteiger partial charge is 0.382 e. The predicted molar refractivity (Wildman–Crippen MR) is 69.2 cm³/mol. The maximum atomic E-state index is 13.2. The molecule has 0 atom stereocenters. The number of nitrogens with zero attached hydrogens (tertiary/aromatic N) is 3. The lowest BCUT2D eigenvalue weighted by Crippen LogP contribution is -1.91. The van der Waals surface area contributed by atoms with Crippen LogP contribution in [0.1, 0.15) is 0 Å². The zero-order chi connectivity index (χ0) is 12.7. The topological polar surface area (TPSA) is 80.5 Å². The fourth-order valence-corrected chi connectivity index (χ4v) is 2.01. The summed E-state index contributed by atoms with van der Waals surface area (Å²) >= 11 is 3.13. The Morgan fingerprint density at radius 1 is 1.28 bits per heavy atom. The number of fused-ring (bicyclic) bond motifs is 1. The van der Waals surface area contributed by atoms with Gasteiger partial charge in [-0.1, -0.05) is 0 Å². The first-order valence-electron chi connectivity index (χ1n) is 5.07. The molecule has 18 heavy (non-hydrogen) atoms. The summed E-state index contributed by atoms with van der Waals surface area (Å²) in [7, 11) is 0. The second-order valence-electron chi connectivity index (χ2n) is 3.67. The van der Waals surface area contributed by atoms with Crippen molar-refractivity contribution in [3.05, 3.63) is 34.8 Å². The number of H-pyrrole nitrogens is 1. The third-order valence-corrected chi connectivity index (χ3v) is 3.12. The number of benzene rings is 1. The van der Waals surface area contributed by atoms with E-state index >= 15 is 0 Å². The van der Waals surface area contributed by atoms with Crippen LogP contribution in [-0.2, 0) is 0 Å². The predicted octanol–water partition coefficient (Wildman–Crippen LogP) is 2.50. The van der Waals surface area contributed by atoms with Crippen LogP contribution in [0, 0.1) is 5.82 Å². The van der Waals surface area contributed by atoms with Crippen LogP contribution in [-0.4, -0.2) is 19.9 Å². The number of imidazole rings is 1. The summed E-state index contributed by atoms with van der Waals surface area (Å²) in [6, 6.07) is 4.62. The first-order valence-corrected chi connectivity index (χ1v) is 5.86. The SMILES string of the molecule is Nc1ncnc2nc(-c3ccc(F)c(Br)c3)[nH]c12. The Hall–Kier alpha value is -2.02. The van der Waals surface area contributed by atoms with E-state index in [0.717, 1.165) is 5.56 Å². The second kappa shape index (κ2) is 4.02. The molecule has 0 saturated heterocycles. The minimum atomic E-state index is -0.325. The lowest BCUT2D eigenvalue weighted by Gasteiger charge is -1.98. The summed E-state index contributed by atoms with van der Waals surface area (Å²) in [5.74, 6) is 0.576. The smallest absolute Gasteiger partial charge is 0.183 e. The zero-order valence-corrected chi connectivity index (χ0v) is 10.6. The Morgan fingerprint density at radius 2 is 2.11 bits per heavy atom. The monoisotopic (exact) mass is 307 g/mol. The normalized spacial score (nSPS) is 11.0. The number of halogens is 2. The van der Waals surface area contributed by atoms with Gasteiger partial charge in [0, 0.05) is 5.56 Å². The molecule has 7 heteroatoms. The number of nitrogens with one attached hydrogen (secondary N) is 1. The summed E-state index contributed by atoms with van der Waals surface area (Å²) in [5.41, 5.74) is 7.51. The van der Waals surface area contributed by atoms with Crippen molar-refractivity contribution in [1.82, 2.24) is 19.9 Å². The van der Waals surface area contributed by atoms with Crippen molar-refractivity contribution in [3.63, 3.8) is 0 Å². The van der Waals surface area contributed by atoms with Gasteiger partial charge in [-0.3, -0.25) is 0 Å². The molecule has 0 aliphatic rings. The maximum absolute atomic E-state index is 13.2. The van der Waals surface area contributed by atoms with E-state index in [1.54, 1.807) is 12.1 Å². The van der Waals surface area contributed by atoms with Gasteiger partial charge in [0.05, 0.1) is 4.47 Å². The lowest BCUT2D eigenvalue weighted by molar-refractivity contribution is 0.621. The first-order chi connectivity index (χ1) is 8.65. The van der Waals surface area contributed by atoms with Gasteiger partial charge >= 0.3 is 0 Å². The Labute approximate surface area is 109 Å². The fraction of sp³-hybridized carbons (Fsp3) is 0. The molecule has 0 saturated carbocycles. The maximum Gasteiger partial charge on any atom is 0.183 e. The molecule has 90 valence electrons. The molecule has 5 nitrogen and oxygen atoms in total. The van der Waals surface area contributed by atoms with E-state index in [1.165, 1.54) is 12.4 Å². The molecule has 0 fully saturated rings. The average Bonchev–Trinajstić information content (AvgIpc) is 2.78. The molecule has 0 aliphatic carbocycles. The number of hydrogen-bond donors (Lipinski definition) is 2. The third-order valence-electron chi connectivity index (χ3n) is 2.51.